The summed E-state index contributed by atoms with van der Waals surface area (Å²) in [4.78, 5) is 21.9. The Kier molecular flexibility index (Phi) is 7.72. The number of rotatable bonds is 8. The Balaban J connectivity index is 1.35. The molecule has 1 amide bonds. The van der Waals surface area contributed by atoms with Gasteiger partial charge in [0.25, 0.3) is 0 Å². The molecule has 38 heavy (non-hydrogen) atoms. The van der Waals surface area contributed by atoms with Crippen LogP contribution in [0.4, 0.5) is 17.2 Å². The summed E-state index contributed by atoms with van der Waals surface area (Å²) in [5.74, 6) is 2.32. The lowest BCUT2D eigenvalue weighted by molar-refractivity contribution is -0.117. The third kappa shape index (κ3) is 6.04. The highest BCUT2D eigenvalue weighted by Gasteiger charge is 2.17. The van der Waals surface area contributed by atoms with Gasteiger partial charge in [-0.25, -0.2) is 4.98 Å². The van der Waals surface area contributed by atoms with Crippen molar-refractivity contribution in [2.45, 2.75) is 0 Å². The monoisotopic (exact) mass is 511 g/mol. The summed E-state index contributed by atoms with van der Waals surface area (Å²) >= 11 is 0. The van der Waals surface area contributed by atoms with Crippen molar-refractivity contribution >= 4 is 34.0 Å². The number of amides is 1. The van der Waals surface area contributed by atoms with E-state index in [1.807, 2.05) is 66.7 Å². The Labute approximate surface area is 223 Å². The summed E-state index contributed by atoms with van der Waals surface area (Å²) in [6.45, 7) is 4.21. The van der Waals surface area contributed by atoms with Gasteiger partial charge in [0.2, 0.25) is 5.91 Å². The number of ether oxygens (including phenoxy) is 2. The fourth-order valence-electron chi connectivity index (χ4n) is 4.55. The van der Waals surface area contributed by atoms with Crippen LogP contribution in [0, 0.1) is 0 Å². The lowest BCUT2D eigenvalue weighted by Gasteiger charge is -2.31. The predicted octanol–water partition coefficient (Wildman–Crippen LogP) is 4.85. The van der Waals surface area contributed by atoms with Gasteiger partial charge in [0.1, 0.15) is 17.3 Å². The minimum atomic E-state index is 0.00341. The smallest absolute Gasteiger partial charge is 0.238 e. The van der Waals surface area contributed by atoms with Crippen molar-refractivity contribution in [3.63, 3.8) is 0 Å². The highest BCUT2D eigenvalue weighted by atomic mass is 16.5. The second-order valence-corrected chi connectivity index (χ2v) is 9.50. The minimum Gasteiger partial charge on any atom is -0.497 e. The Morgan fingerprint density at radius 2 is 1.50 bits per heavy atom. The van der Waals surface area contributed by atoms with E-state index >= 15 is 0 Å². The summed E-state index contributed by atoms with van der Waals surface area (Å²) < 4.78 is 10.7. The molecule has 196 valence electrons. The standard InChI is InChI=1S/C30H33N5O3/c1-34-14-16-35(17-15-34)20-29(36)31-23-6-8-24(9-7-23)32-30-27(21-4-10-25(37-2)11-5-21)19-22-18-26(38-3)12-13-28(22)33-30/h4-13,18-19H,14-17,20H2,1-3H3,(H,31,36)(H,32,33). The molecule has 0 spiro atoms. The Morgan fingerprint density at radius 1 is 0.842 bits per heavy atom. The second kappa shape index (κ2) is 11.5. The van der Waals surface area contributed by atoms with Crippen molar-refractivity contribution in [3.8, 4) is 22.6 Å². The molecule has 8 heteroatoms. The number of fused-ring (bicyclic) bond motifs is 1. The molecule has 3 aromatic carbocycles. The van der Waals surface area contributed by atoms with Gasteiger partial charge in [0.05, 0.1) is 26.3 Å². The number of aromatic nitrogens is 1. The van der Waals surface area contributed by atoms with Gasteiger partial charge < -0.3 is 25.0 Å². The van der Waals surface area contributed by atoms with Crippen LogP contribution in [0.15, 0.2) is 72.8 Å². The number of hydrogen-bond acceptors (Lipinski definition) is 7. The third-order valence-electron chi connectivity index (χ3n) is 6.82. The molecule has 0 unspecified atom stereocenters. The first-order chi connectivity index (χ1) is 18.5. The van der Waals surface area contributed by atoms with Crippen molar-refractivity contribution < 1.29 is 14.3 Å². The maximum absolute atomic E-state index is 12.5. The molecule has 0 atom stereocenters. The van der Waals surface area contributed by atoms with E-state index in [0.717, 1.165) is 76.9 Å². The van der Waals surface area contributed by atoms with Gasteiger partial charge in [0.15, 0.2) is 0 Å². The van der Waals surface area contributed by atoms with Crippen LogP contribution in [0.3, 0.4) is 0 Å². The number of hydrogen-bond donors (Lipinski definition) is 2. The molecule has 0 radical (unpaired) electrons. The van der Waals surface area contributed by atoms with Crippen LogP contribution in [-0.4, -0.2) is 74.7 Å². The number of nitrogens with one attached hydrogen (secondary N) is 2. The third-order valence-corrected chi connectivity index (χ3v) is 6.82. The molecule has 0 aliphatic carbocycles. The zero-order valence-corrected chi connectivity index (χ0v) is 22.0. The number of likely N-dealkylation sites (N-methyl/N-ethyl adjacent to an activating group) is 1. The summed E-state index contributed by atoms with van der Waals surface area (Å²) in [7, 11) is 5.43. The summed E-state index contributed by atoms with van der Waals surface area (Å²) in [5, 5.41) is 7.47. The average Bonchev–Trinajstić information content (AvgIpc) is 2.95. The van der Waals surface area contributed by atoms with Gasteiger partial charge in [-0.3, -0.25) is 9.69 Å². The van der Waals surface area contributed by atoms with E-state index < -0.39 is 0 Å². The van der Waals surface area contributed by atoms with Crippen molar-refractivity contribution in [2.75, 3.05) is 64.6 Å². The van der Waals surface area contributed by atoms with Crippen LogP contribution in [-0.2, 0) is 4.79 Å². The lowest BCUT2D eigenvalue weighted by Crippen LogP contribution is -2.47. The molecule has 4 aromatic rings. The SMILES string of the molecule is COc1ccc(-c2cc3cc(OC)ccc3nc2Nc2ccc(NC(=O)CN3CCN(C)CC3)cc2)cc1. The van der Waals surface area contributed by atoms with E-state index in [1.54, 1.807) is 14.2 Å². The first-order valence-electron chi connectivity index (χ1n) is 12.7. The zero-order chi connectivity index (χ0) is 26.5. The van der Waals surface area contributed by atoms with Crippen molar-refractivity contribution in [3.05, 3.63) is 72.8 Å². The molecule has 5 rings (SSSR count). The minimum absolute atomic E-state index is 0.00341. The van der Waals surface area contributed by atoms with Crippen LogP contribution in [0.25, 0.3) is 22.0 Å². The number of carbonyl (C=O) groups excluding carboxylic acids is 1. The van der Waals surface area contributed by atoms with E-state index in [9.17, 15) is 4.79 Å². The summed E-state index contributed by atoms with van der Waals surface area (Å²) in [6.07, 6.45) is 0. The lowest BCUT2D eigenvalue weighted by atomic mass is 10.0. The first-order valence-corrected chi connectivity index (χ1v) is 12.7. The van der Waals surface area contributed by atoms with E-state index in [1.165, 1.54) is 0 Å². The first kappa shape index (κ1) is 25.5. The number of carbonyl (C=O) groups is 1. The van der Waals surface area contributed by atoms with Gasteiger partial charge in [0, 0.05) is 48.5 Å². The predicted molar refractivity (Wildman–Crippen MR) is 153 cm³/mol. The normalized spacial score (nSPS) is 14.3. The quantitative estimate of drug-likeness (QED) is 0.350. The Bertz CT molecular complexity index is 1400. The number of anilines is 3. The molecular formula is C30H33N5O3. The van der Waals surface area contributed by atoms with Gasteiger partial charge in [-0.1, -0.05) is 12.1 Å². The van der Waals surface area contributed by atoms with Crippen LogP contribution in [0.1, 0.15) is 0 Å². The molecule has 1 aromatic heterocycles. The van der Waals surface area contributed by atoms with Crippen LogP contribution in [0.5, 0.6) is 11.5 Å². The van der Waals surface area contributed by atoms with Gasteiger partial charge in [-0.15, -0.1) is 0 Å². The van der Waals surface area contributed by atoms with Gasteiger partial charge >= 0.3 is 0 Å². The summed E-state index contributed by atoms with van der Waals surface area (Å²) in [6, 6.07) is 23.6. The van der Waals surface area contributed by atoms with Crippen molar-refractivity contribution in [1.82, 2.24) is 14.8 Å². The Hall–Kier alpha value is -4.14. The number of piperazine rings is 1. The molecular weight excluding hydrogens is 478 g/mol. The molecule has 1 aliphatic rings. The molecule has 1 aliphatic heterocycles. The highest BCUT2D eigenvalue weighted by molar-refractivity contribution is 5.93. The van der Waals surface area contributed by atoms with Crippen LogP contribution < -0.4 is 20.1 Å². The Morgan fingerprint density at radius 3 is 2.18 bits per heavy atom. The number of nitrogens with zero attached hydrogens (tertiary/aromatic N) is 3. The van der Waals surface area contributed by atoms with Gasteiger partial charge in [-0.05, 0) is 73.3 Å². The van der Waals surface area contributed by atoms with E-state index in [0.29, 0.717) is 6.54 Å². The fourth-order valence-corrected chi connectivity index (χ4v) is 4.55. The van der Waals surface area contributed by atoms with Crippen molar-refractivity contribution in [1.29, 1.82) is 0 Å². The zero-order valence-electron chi connectivity index (χ0n) is 22.0. The molecule has 2 heterocycles. The van der Waals surface area contributed by atoms with E-state index in [4.69, 9.17) is 14.5 Å². The second-order valence-electron chi connectivity index (χ2n) is 9.50. The van der Waals surface area contributed by atoms with Crippen LogP contribution in [0.2, 0.25) is 0 Å². The van der Waals surface area contributed by atoms with Crippen molar-refractivity contribution in [2.24, 2.45) is 0 Å². The maximum atomic E-state index is 12.5. The molecule has 0 saturated carbocycles. The topological polar surface area (TPSA) is 79.0 Å². The number of benzene rings is 3. The van der Waals surface area contributed by atoms with E-state index in [2.05, 4.69) is 33.5 Å². The molecule has 8 nitrogen and oxygen atoms in total. The summed E-state index contributed by atoms with van der Waals surface area (Å²) in [5.41, 5.74) is 4.47. The number of pyridine rings is 1. The highest BCUT2D eigenvalue weighted by Crippen LogP contribution is 2.34. The molecule has 1 saturated heterocycles. The average molecular weight is 512 g/mol. The number of methoxy groups -OCH3 is 2. The van der Waals surface area contributed by atoms with E-state index in [-0.39, 0.29) is 5.91 Å². The van der Waals surface area contributed by atoms with Gasteiger partial charge in [-0.2, -0.15) is 0 Å². The maximum Gasteiger partial charge on any atom is 0.238 e. The molecule has 2 N–H and O–H groups in total. The fraction of sp³-hybridized carbons (Fsp3) is 0.267. The largest absolute Gasteiger partial charge is 0.497 e. The molecule has 1 fully saturated rings. The van der Waals surface area contributed by atoms with Crippen LogP contribution >= 0.6 is 0 Å². The molecule has 0 bridgehead atoms.